The predicted octanol–water partition coefficient (Wildman–Crippen LogP) is 5.01. The molecule has 0 heterocycles. The van der Waals surface area contributed by atoms with Gasteiger partial charge in [-0.05, 0) is 39.5 Å². The minimum Gasteiger partial charge on any atom is -0.465 e. The van der Waals surface area contributed by atoms with Crippen LogP contribution in [0.3, 0.4) is 0 Å². The first-order valence-electron chi connectivity index (χ1n) is 8.94. The standard InChI is InChI=1S/C21H32O3/c1-6-9-11-12-13-14-16-18(4)21(19(5)22,17-15-10-7-2)20(23)24-8-3/h7H,2,4,6,8-13,15,17H2,1,3,5H3. The van der Waals surface area contributed by atoms with Crippen molar-refractivity contribution in [3.8, 4) is 11.8 Å². The molecule has 0 aliphatic heterocycles. The molecule has 0 N–H and O–H groups in total. The van der Waals surface area contributed by atoms with Gasteiger partial charge in [0.05, 0.1) is 6.61 Å². The Morgan fingerprint density at radius 1 is 1.17 bits per heavy atom. The summed E-state index contributed by atoms with van der Waals surface area (Å²) in [6.45, 7) is 13.2. The van der Waals surface area contributed by atoms with Crippen molar-refractivity contribution in [2.45, 2.75) is 72.1 Å². The Morgan fingerprint density at radius 3 is 2.42 bits per heavy atom. The first-order chi connectivity index (χ1) is 11.5. The Kier molecular flexibility index (Phi) is 11.6. The minimum atomic E-state index is -1.35. The number of ketones is 1. The van der Waals surface area contributed by atoms with Crippen LogP contribution in [-0.4, -0.2) is 18.4 Å². The average Bonchev–Trinajstić information content (AvgIpc) is 2.54. The van der Waals surface area contributed by atoms with Crippen molar-refractivity contribution in [3.05, 3.63) is 24.8 Å². The lowest BCUT2D eigenvalue weighted by Gasteiger charge is -2.28. The van der Waals surface area contributed by atoms with Crippen molar-refractivity contribution >= 4 is 11.8 Å². The van der Waals surface area contributed by atoms with Crippen LogP contribution in [0.25, 0.3) is 0 Å². The SMILES string of the molecule is C=CCCCC(C(=C)C#CCCCCCC)(C(C)=O)C(=O)OCC. The van der Waals surface area contributed by atoms with Gasteiger partial charge in [0.2, 0.25) is 0 Å². The first kappa shape index (κ1) is 22.2. The lowest BCUT2D eigenvalue weighted by molar-refractivity contribution is -0.157. The van der Waals surface area contributed by atoms with Crippen LogP contribution in [0.5, 0.6) is 0 Å². The van der Waals surface area contributed by atoms with Gasteiger partial charge in [-0.2, -0.15) is 0 Å². The quantitative estimate of drug-likeness (QED) is 0.166. The summed E-state index contributed by atoms with van der Waals surface area (Å²) < 4.78 is 5.17. The van der Waals surface area contributed by atoms with E-state index in [1.54, 1.807) is 13.0 Å². The first-order valence-corrected chi connectivity index (χ1v) is 8.94. The minimum absolute atomic E-state index is 0.229. The lowest BCUT2D eigenvalue weighted by Crippen LogP contribution is -2.41. The van der Waals surface area contributed by atoms with E-state index in [-0.39, 0.29) is 12.4 Å². The molecular formula is C21H32O3. The fourth-order valence-electron chi connectivity index (χ4n) is 2.59. The maximum atomic E-state index is 12.5. The van der Waals surface area contributed by atoms with Gasteiger partial charge in [0, 0.05) is 12.0 Å². The molecule has 0 radical (unpaired) electrons. The summed E-state index contributed by atoms with van der Waals surface area (Å²) in [4.78, 5) is 24.9. The van der Waals surface area contributed by atoms with E-state index < -0.39 is 11.4 Å². The molecule has 1 unspecified atom stereocenters. The largest absolute Gasteiger partial charge is 0.465 e. The van der Waals surface area contributed by atoms with Gasteiger partial charge < -0.3 is 4.74 Å². The summed E-state index contributed by atoms with van der Waals surface area (Å²) in [6.07, 6.45) is 8.83. The average molecular weight is 332 g/mol. The molecule has 0 spiro atoms. The molecule has 1 atom stereocenters. The van der Waals surface area contributed by atoms with Crippen molar-refractivity contribution in [2.75, 3.05) is 6.61 Å². The second-order valence-electron chi connectivity index (χ2n) is 5.95. The Morgan fingerprint density at radius 2 is 1.88 bits per heavy atom. The zero-order valence-electron chi connectivity index (χ0n) is 15.6. The topological polar surface area (TPSA) is 43.4 Å². The molecule has 3 heteroatoms. The van der Waals surface area contributed by atoms with Gasteiger partial charge in [-0.15, -0.1) is 6.58 Å². The predicted molar refractivity (Wildman–Crippen MR) is 99.5 cm³/mol. The maximum Gasteiger partial charge on any atom is 0.324 e. The zero-order chi connectivity index (χ0) is 18.4. The Hall–Kier alpha value is -1.82. The van der Waals surface area contributed by atoms with Crippen molar-refractivity contribution in [3.63, 3.8) is 0 Å². The summed E-state index contributed by atoms with van der Waals surface area (Å²) in [5, 5.41) is 0. The van der Waals surface area contributed by atoms with Gasteiger partial charge in [-0.3, -0.25) is 9.59 Å². The van der Waals surface area contributed by atoms with Crippen LogP contribution in [0.1, 0.15) is 72.1 Å². The van der Waals surface area contributed by atoms with Crippen molar-refractivity contribution in [2.24, 2.45) is 5.41 Å². The molecule has 24 heavy (non-hydrogen) atoms. The third-order valence-electron chi connectivity index (χ3n) is 4.09. The van der Waals surface area contributed by atoms with Crippen molar-refractivity contribution < 1.29 is 14.3 Å². The van der Waals surface area contributed by atoms with Crippen LogP contribution in [0.2, 0.25) is 0 Å². The van der Waals surface area contributed by atoms with Gasteiger partial charge >= 0.3 is 5.97 Å². The highest BCUT2D eigenvalue weighted by Crippen LogP contribution is 2.35. The molecule has 0 aromatic carbocycles. The van der Waals surface area contributed by atoms with E-state index in [1.165, 1.54) is 19.8 Å². The van der Waals surface area contributed by atoms with Crippen molar-refractivity contribution in [1.82, 2.24) is 0 Å². The van der Waals surface area contributed by atoms with Crippen LogP contribution in [-0.2, 0) is 14.3 Å². The summed E-state index contributed by atoms with van der Waals surface area (Å²) >= 11 is 0. The summed E-state index contributed by atoms with van der Waals surface area (Å²) in [6, 6.07) is 0. The Balaban J connectivity index is 5.23. The van der Waals surface area contributed by atoms with Crippen LogP contribution in [0.4, 0.5) is 0 Å². The highest BCUT2D eigenvalue weighted by Gasteiger charge is 2.46. The third-order valence-corrected chi connectivity index (χ3v) is 4.09. The summed E-state index contributed by atoms with van der Waals surface area (Å²) in [5.74, 6) is 5.23. The van der Waals surface area contributed by atoms with E-state index in [0.29, 0.717) is 18.4 Å². The second-order valence-corrected chi connectivity index (χ2v) is 5.95. The van der Waals surface area contributed by atoms with E-state index in [2.05, 4.69) is 31.9 Å². The number of hydrogen-bond acceptors (Lipinski definition) is 3. The van der Waals surface area contributed by atoms with Gasteiger partial charge in [-0.1, -0.05) is 50.7 Å². The molecule has 0 rings (SSSR count). The fourth-order valence-corrected chi connectivity index (χ4v) is 2.59. The van der Waals surface area contributed by atoms with E-state index in [4.69, 9.17) is 4.74 Å². The number of esters is 1. The highest BCUT2D eigenvalue weighted by atomic mass is 16.5. The molecule has 0 aromatic heterocycles. The van der Waals surface area contributed by atoms with Crippen LogP contribution in [0, 0.1) is 17.3 Å². The lowest BCUT2D eigenvalue weighted by atomic mass is 9.73. The molecular weight excluding hydrogens is 300 g/mol. The van der Waals surface area contributed by atoms with Gasteiger partial charge in [-0.25, -0.2) is 0 Å². The van der Waals surface area contributed by atoms with Gasteiger partial charge in [0.25, 0.3) is 0 Å². The third kappa shape index (κ3) is 6.74. The Bertz CT molecular complexity index is 493. The van der Waals surface area contributed by atoms with Gasteiger partial charge in [0.1, 0.15) is 0 Å². The number of Topliss-reactive ketones (excluding diaryl/α,β-unsaturated/α-hetero) is 1. The molecule has 0 fully saturated rings. The molecule has 0 bridgehead atoms. The van der Waals surface area contributed by atoms with Crippen LogP contribution < -0.4 is 0 Å². The number of allylic oxidation sites excluding steroid dienone is 1. The molecule has 0 aliphatic rings. The summed E-state index contributed by atoms with van der Waals surface area (Å²) in [7, 11) is 0. The monoisotopic (exact) mass is 332 g/mol. The Labute approximate surface area is 147 Å². The van der Waals surface area contributed by atoms with Gasteiger partial charge in [0.15, 0.2) is 11.2 Å². The van der Waals surface area contributed by atoms with Crippen LogP contribution in [0.15, 0.2) is 24.8 Å². The molecule has 134 valence electrons. The molecule has 0 saturated carbocycles. The number of unbranched alkanes of at least 4 members (excludes halogenated alkanes) is 5. The molecule has 0 aliphatic carbocycles. The molecule has 0 saturated heterocycles. The summed E-state index contributed by atoms with van der Waals surface area (Å²) in [5.41, 5.74) is -0.997. The zero-order valence-corrected chi connectivity index (χ0v) is 15.6. The number of ether oxygens (including phenoxy) is 1. The highest BCUT2D eigenvalue weighted by molar-refractivity contribution is 6.06. The number of carbonyl (C=O) groups is 2. The van der Waals surface area contributed by atoms with E-state index >= 15 is 0 Å². The van der Waals surface area contributed by atoms with Crippen LogP contribution >= 0.6 is 0 Å². The van der Waals surface area contributed by atoms with E-state index in [9.17, 15) is 9.59 Å². The normalized spacial score (nSPS) is 12.5. The number of rotatable bonds is 12. The number of carbonyl (C=O) groups excluding carboxylic acids is 2. The van der Waals surface area contributed by atoms with E-state index in [1.807, 2.05) is 0 Å². The molecule has 3 nitrogen and oxygen atoms in total. The smallest absolute Gasteiger partial charge is 0.324 e. The van der Waals surface area contributed by atoms with Crippen molar-refractivity contribution in [1.29, 1.82) is 0 Å². The molecule has 0 aromatic rings. The second kappa shape index (κ2) is 12.6. The fraction of sp³-hybridized carbons (Fsp3) is 0.619. The number of hydrogen-bond donors (Lipinski definition) is 0. The maximum absolute atomic E-state index is 12.5. The van der Waals surface area contributed by atoms with E-state index in [0.717, 1.165) is 25.7 Å². The molecule has 0 amide bonds.